The van der Waals surface area contributed by atoms with Crippen LogP contribution in [-0.2, 0) is 11.8 Å². The zero-order valence-electron chi connectivity index (χ0n) is 18.9. The summed E-state index contributed by atoms with van der Waals surface area (Å²) in [5.74, 6) is -0.813. The van der Waals surface area contributed by atoms with Crippen LogP contribution in [0.15, 0.2) is 41.3 Å². The van der Waals surface area contributed by atoms with E-state index in [1.807, 2.05) is 24.0 Å². The van der Waals surface area contributed by atoms with Crippen molar-refractivity contribution in [3.63, 3.8) is 0 Å². The normalized spacial score (nSPS) is 16.3. The Morgan fingerprint density at radius 2 is 1.88 bits per heavy atom. The lowest BCUT2D eigenvalue weighted by molar-refractivity contribution is 0.0391. The van der Waals surface area contributed by atoms with Gasteiger partial charge >= 0.3 is 0 Å². The van der Waals surface area contributed by atoms with Crippen LogP contribution in [0.1, 0.15) is 23.2 Å². The second-order valence-corrected chi connectivity index (χ2v) is 8.25. The summed E-state index contributed by atoms with van der Waals surface area (Å²) < 4.78 is 35.7. The van der Waals surface area contributed by atoms with Gasteiger partial charge in [0.15, 0.2) is 5.52 Å². The molecule has 0 spiro atoms. The fourth-order valence-corrected chi connectivity index (χ4v) is 4.05. The van der Waals surface area contributed by atoms with Crippen molar-refractivity contribution < 1.29 is 13.5 Å². The van der Waals surface area contributed by atoms with E-state index in [1.165, 1.54) is 10.6 Å². The number of ether oxygens (including phenoxy) is 1. The molecule has 1 aliphatic rings. The van der Waals surface area contributed by atoms with Gasteiger partial charge in [0.05, 0.1) is 13.2 Å². The summed E-state index contributed by atoms with van der Waals surface area (Å²) in [6, 6.07) is 7.08. The minimum atomic E-state index is -0.793. The van der Waals surface area contributed by atoms with E-state index in [9.17, 15) is 13.6 Å². The Morgan fingerprint density at radius 1 is 1.06 bits per heavy atom. The zero-order chi connectivity index (χ0) is 24.0. The Bertz CT molecular complexity index is 1470. The van der Waals surface area contributed by atoms with Gasteiger partial charge < -0.3 is 9.64 Å². The predicted molar refractivity (Wildman–Crippen MR) is 123 cm³/mol. The average Bonchev–Trinajstić information content (AvgIpc) is 2.82. The van der Waals surface area contributed by atoms with Crippen molar-refractivity contribution in [2.75, 3.05) is 24.6 Å². The molecule has 0 aliphatic carbocycles. The number of anilines is 1. The molecule has 0 amide bonds. The van der Waals surface area contributed by atoms with Gasteiger partial charge in [0.1, 0.15) is 34.8 Å². The Hall–Kier alpha value is -3.79. The highest BCUT2D eigenvalue weighted by atomic mass is 19.1. The Labute approximate surface area is 193 Å². The molecule has 1 fully saturated rings. The number of rotatable bonds is 3. The summed E-state index contributed by atoms with van der Waals surface area (Å²) in [4.78, 5) is 32.8. The molecule has 0 bridgehead atoms. The predicted octanol–water partition coefficient (Wildman–Crippen LogP) is 3.26. The third-order valence-corrected chi connectivity index (χ3v) is 5.97. The van der Waals surface area contributed by atoms with E-state index in [4.69, 9.17) is 4.74 Å². The number of hydrogen-bond donors (Lipinski definition) is 0. The quantitative estimate of drug-likeness (QED) is 0.460. The third kappa shape index (κ3) is 3.90. The molecule has 8 nitrogen and oxygen atoms in total. The molecule has 3 aromatic heterocycles. The fraction of sp³-hybridized carbons (Fsp3) is 0.292. The van der Waals surface area contributed by atoms with Crippen molar-refractivity contribution in [1.29, 1.82) is 0 Å². The number of pyridine rings is 1. The van der Waals surface area contributed by atoms with Crippen molar-refractivity contribution in [3.8, 4) is 11.3 Å². The summed E-state index contributed by atoms with van der Waals surface area (Å²) in [5, 5.41) is 0. The van der Waals surface area contributed by atoms with Gasteiger partial charge in [0, 0.05) is 37.1 Å². The molecule has 1 atom stereocenters. The molecule has 1 aliphatic heterocycles. The lowest BCUT2D eigenvalue weighted by atomic mass is 10.1. The molecular formula is C24H22F2N6O2. The topological polar surface area (TPSA) is 86.0 Å². The maximum Gasteiger partial charge on any atom is 0.279 e. The number of benzene rings is 1. The van der Waals surface area contributed by atoms with E-state index >= 15 is 0 Å². The highest BCUT2D eigenvalue weighted by Gasteiger charge is 2.27. The van der Waals surface area contributed by atoms with Crippen LogP contribution in [0.3, 0.4) is 0 Å². The largest absolute Gasteiger partial charge is 0.370 e. The van der Waals surface area contributed by atoms with E-state index in [0.717, 1.165) is 23.4 Å². The summed E-state index contributed by atoms with van der Waals surface area (Å²) in [6.07, 6.45) is 1.48. The van der Waals surface area contributed by atoms with Crippen LogP contribution in [0.4, 0.5) is 14.7 Å². The molecule has 0 unspecified atom stereocenters. The van der Waals surface area contributed by atoms with Crippen LogP contribution in [0.2, 0.25) is 0 Å². The molecule has 174 valence electrons. The van der Waals surface area contributed by atoms with Gasteiger partial charge in [-0.1, -0.05) is 0 Å². The van der Waals surface area contributed by atoms with Crippen LogP contribution in [0, 0.1) is 25.5 Å². The van der Waals surface area contributed by atoms with Crippen LogP contribution >= 0.6 is 0 Å². The molecule has 10 heteroatoms. The number of fused-ring (bicyclic) bond motifs is 1. The summed E-state index contributed by atoms with van der Waals surface area (Å²) in [6.45, 7) is 4.91. The van der Waals surface area contributed by atoms with E-state index in [2.05, 4.69) is 19.9 Å². The minimum absolute atomic E-state index is 0.0461. The first-order valence-electron chi connectivity index (χ1n) is 10.8. The molecule has 1 saturated heterocycles. The SMILES string of the molecule is Cc1cc([C@H]2CN(c3nc(-c4ccc(F)cc4F)c4nc(C)n(C)c(=O)c4n3)CCO2)ccn1. The molecule has 34 heavy (non-hydrogen) atoms. The van der Waals surface area contributed by atoms with Gasteiger partial charge in [-0.15, -0.1) is 0 Å². The number of nitrogens with zero attached hydrogens (tertiary/aromatic N) is 6. The van der Waals surface area contributed by atoms with Crippen LogP contribution in [-0.4, -0.2) is 44.2 Å². The van der Waals surface area contributed by atoms with E-state index in [-0.39, 0.29) is 39.9 Å². The van der Waals surface area contributed by atoms with Crippen molar-refractivity contribution in [2.24, 2.45) is 7.05 Å². The standard InChI is InChI=1S/C24H22F2N6O2/c1-13-10-15(6-7-27-13)19-12-32(8-9-34-19)24-29-20(17-5-4-16(25)11-18(17)26)21-22(30-24)23(33)31(3)14(2)28-21/h4-7,10-11,19H,8-9,12H2,1-3H3/t19-/m1/s1. The van der Waals surface area contributed by atoms with E-state index in [0.29, 0.717) is 25.5 Å². The first-order chi connectivity index (χ1) is 16.3. The summed E-state index contributed by atoms with van der Waals surface area (Å²) in [5.41, 5.74) is 1.90. The Morgan fingerprint density at radius 3 is 2.65 bits per heavy atom. The lowest BCUT2D eigenvalue weighted by Gasteiger charge is -2.33. The van der Waals surface area contributed by atoms with Crippen molar-refractivity contribution >= 4 is 17.0 Å². The van der Waals surface area contributed by atoms with Gasteiger partial charge in [-0.2, -0.15) is 0 Å². The number of aromatic nitrogens is 5. The maximum atomic E-state index is 14.8. The monoisotopic (exact) mass is 464 g/mol. The Kier molecular flexibility index (Phi) is 5.52. The van der Waals surface area contributed by atoms with E-state index < -0.39 is 11.6 Å². The molecule has 4 aromatic rings. The molecule has 0 saturated carbocycles. The minimum Gasteiger partial charge on any atom is -0.370 e. The zero-order valence-corrected chi connectivity index (χ0v) is 18.9. The highest BCUT2D eigenvalue weighted by Crippen LogP contribution is 2.30. The second-order valence-electron chi connectivity index (χ2n) is 8.25. The van der Waals surface area contributed by atoms with E-state index in [1.54, 1.807) is 20.2 Å². The molecule has 0 N–H and O–H groups in total. The number of aryl methyl sites for hydroxylation is 2. The second kappa shape index (κ2) is 8.53. The Balaban J connectivity index is 1.66. The smallest absolute Gasteiger partial charge is 0.279 e. The molecule has 1 aromatic carbocycles. The average molecular weight is 464 g/mol. The molecule has 0 radical (unpaired) electrons. The third-order valence-electron chi connectivity index (χ3n) is 5.97. The molecule has 4 heterocycles. The first-order valence-corrected chi connectivity index (χ1v) is 10.8. The molecule has 5 rings (SSSR count). The summed E-state index contributed by atoms with van der Waals surface area (Å²) >= 11 is 0. The van der Waals surface area contributed by atoms with Crippen LogP contribution < -0.4 is 10.5 Å². The van der Waals surface area contributed by atoms with Gasteiger partial charge in [-0.25, -0.2) is 23.7 Å². The molecular weight excluding hydrogens is 442 g/mol. The van der Waals surface area contributed by atoms with Gasteiger partial charge in [0.2, 0.25) is 5.95 Å². The highest BCUT2D eigenvalue weighted by molar-refractivity contribution is 5.89. The first kappa shape index (κ1) is 22.0. The number of morpholine rings is 1. The van der Waals surface area contributed by atoms with Gasteiger partial charge in [-0.05, 0) is 43.7 Å². The van der Waals surface area contributed by atoms with Gasteiger partial charge in [0.25, 0.3) is 5.56 Å². The maximum absolute atomic E-state index is 14.8. The fourth-order valence-electron chi connectivity index (χ4n) is 4.05. The van der Waals surface area contributed by atoms with Crippen LogP contribution in [0.5, 0.6) is 0 Å². The number of hydrogen-bond acceptors (Lipinski definition) is 7. The van der Waals surface area contributed by atoms with Crippen molar-refractivity contribution in [1.82, 2.24) is 24.5 Å². The van der Waals surface area contributed by atoms with Gasteiger partial charge in [-0.3, -0.25) is 14.3 Å². The lowest BCUT2D eigenvalue weighted by Crippen LogP contribution is -2.39. The van der Waals surface area contributed by atoms with Crippen molar-refractivity contribution in [3.05, 3.63) is 75.6 Å². The van der Waals surface area contributed by atoms with Crippen LogP contribution in [0.25, 0.3) is 22.3 Å². The number of halogens is 2. The summed E-state index contributed by atoms with van der Waals surface area (Å²) in [7, 11) is 1.60. The van der Waals surface area contributed by atoms with Crippen molar-refractivity contribution in [2.45, 2.75) is 20.0 Å².